The van der Waals surface area contributed by atoms with E-state index in [1.807, 2.05) is 37.1 Å². The second-order valence-corrected chi connectivity index (χ2v) is 8.32. The highest BCUT2D eigenvalue weighted by Gasteiger charge is 2.40. The number of aromatic nitrogens is 2. The molecule has 1 aliphatic rings. The Hall–Kier alpha value is -3.81. The van der Waals surface area contributed by atoms with E-state index in [0.717, 1.165) is 0 Å². The molecule has 172 valence electrons. The quantitative estimate of drug-likeness (QED) is 0.399. The van der Waals surface area contributed by atoms with Gasteiger partial charge in [-0.3, -0.25) is 14.6 Å². The van der Waals surface area contributed by atoms with Gasteiger partial charge in [-0.1, -0.05) is 12.1 Å². The Morgan fingerprint density at radius 3 is 2.61 bits per heavy atom. The van der Waals surface area contributed by atoms with Crippen molar-refractivity contribution in [3.8, 4) is 5.75 Å². The summed E-state index contributed by atoms with van der Waals surface area (Å²) < 4.78 is 13.1. The van der Waals surface area contributed by atoms with Crippen molar-refractivity contribution in [2.75, 3.05) is 6.54 Å². The van der Waals surface area contributed by atoms with Crippen LogP contribution in [0.2, 0.25) is 0 Å². The normalized spacial score (nSPS) is 16.2. The van der Waals surface area contributed by atoms with Crippen molar-refractivity contribution in [3.05, 3.63) is 83.5 Å². The minimum atomic E-state index is -0.785. The Morgan fingerprint density at radius 1 is 1.24 bits per heavy atom. The highest BCUT2D eigenvalue weighted by atomic mass is 16.5. The number of carbonyl (C=O) groups excluding carboxylic acids is 2. The number of nitrogens with one attached hydrogen (secondary N) is 1. The number of ether oxygens (including phenoxy) is 1. The molecule has 3 heterocycles. The molecule has 8 nitrogen and oxygen atoms in total. The van der Waals surface area contributed by atoms with Crippen LogP contribution in [0.15, 0.2) is 70.9 Å². The Balaban J connectivity index is 1.65. The average Bonchev–Trinajstić information content (AvgIpc) is 3.51. The topological polar surface area (TPSA) is 102 Å². The maximum atomic E-state index is 13.3. The van der Waals surface area contributed by atoms with Crippen LogP contribution in [0.5, 0.6) is 5.75 Å². The molecule has 8 heteroatoms. The zero-order valence-electron chi connectivity index (χ0n) is 18.9. The van der Waals surface area contributed by atoms with E-state index in [0.29, 0.717) is 36.6 Å². The first-order valence-electron chi connectivity index (χ1n) is 11.0. The Kier molecular flexibility index (Phi) is 6.35. The average molecular weight is 450 g/mol. The number of imidazole rings is 1. The number of hydrogen-bond donors (Lipinski definition) is 1. The van der Waals surface area contributed by atoms with Crippen LogP contribution in [0.3, 0.4) is 0 Å². The van der Waals surface area contributed by atoms with Gasteiger partial charge in [0.15, 0.2) is 5.76 Å². The van der Waals surface area contributed by atoms with Gasteiger partial charge in [0.05, 0.1) is 18.7 Å². The molecule has 1 atom stereocenters. The number of benzene rings is 1. The Morgan fingerprint density at radius 2 is 2.00 bits per heavy atom. The van der Waals surface area contributed by atoms with Crippen molar-refractivity contribution < 1.29 is 28.4 Å². The standard InChI is InChI=1S/C25H27N3O5/c1-16(2)32-19-8-6-18(7-9-19)22-21(23(29)20-10-5-17(3)33-20)24(30)25(31)28(22)13-4-12-27-14-11-26-15-27/h5-11,14-16,22H,4,12-13H2,1-3H3,(H,29,30). The van der Waals surface area contributed by atoms with Crippen molar-refractivity contribution in [1.82, 2.24) is 9.88 Å². The molecule has 0 saturated heterocycles. The number of furan rings is 1. The minimum Gasteiger partial charge on any atom is -0.868 e. The smallest absolute Gasteiger partial charge is 0.241 e. The SMILES string of the molecule is Cc1ccc(C(=O)C2=C([O-])C(=O)N(CCC[n+]3cc[nH]c3)C2c2ccc(OC(C)C)cc2)o1. The third kappa shape index (κ3) is 4.69. The van der Waals surface area contributed by atoms with E-state index in [9.17, 15) is 14.7 Å². The minimum absolute atomic E-state index is 0.0128. The third-order valence-electron chi connectivity index (χ3n) is 5.48. The predicted octanol–water partition coefficient (Wildman–Crippen LogP) is 2.46. The fraction of sp³-hybridized carbons (Fsp3) is 0.320. The van der Waals surface area contributed by atoms with Gasteiger partial charge in [-0.15, -0.1) is 0 Å². The van der Waals surface area contributed by atoms with E-state index in [4.69, 9.17) is 9.15 Å². The number of aromatic amines is 1. The molecule has 4 rings (SSSR count). The van der Waals surface area contributed by atoms with Crippen LogP contribution in [0.4, 0.5) is 0 Å². The Bertz CT molecular complexity index is 1160. The van der Waals surface area contributed by atoms with Gasteiger partial charge in [0.1, 0.15) is 23.9 Å². The number of amides is 1. The molecule has 0 saturated carbocycles. The van der Waals surface area contributed by atoms with E-state index in [1.54, 1.807) is 37.3 Å². The van der Waals surface area contributed by atoms with Crippen molar-refractivity contribution >= 4 is 11.7 Å². The summed E-state index contributed by atoms with van der Waals surface area (Å²) in [5.41, 5.74) is 0.590. The summed E-state index contributed by atoms with van der Waals surface area (Å²) in [6.07, 6.45) is 6.15. The number of rotatable bonds is 9. The number of hydrogen-bond acceptors (Lipinski definition) is 5. The maximum Gasteiger partial charge on any atom is 0.241 e. The van der Waals surface area contributed by atoms with E-state index in [-0.39, 0.29) is 17.4 Å². The van der Waals surface area contributed by atoms with Crippen molar-refractivity contribution in [2.45, 2.75) is 45.9 Å². The van der Waals surface area contributed by atoms with Gasteiger partial charge in [0.25, 0.3) is 0 Å². The molecule has 2 aromatic heterocycles. The molecule has 3 aromatic rings. The van der Waals surface area contributed by atoms with E-state index in [1.165, 1.54) is 11.0 Å². The lowest BCUT2D eigenvalue weighted by Crippen LogP contribution is -2.37. The van der Waals surface area contributed by atoms with Crippen molar-refractivity contribution in [3.63, 3.8) is 0 Å². The molecule has 1 aromatic carbocycles. The molecule has 0 aliphatic carbocycles. The fourth-order valence-electron chi connectivity index (χ4n) is 4.02. The summed E-state index contributed by atoms with van der Waals surface area (Å²) in [7, 11) is 0. The number of Topliss-reactive ketones (excluding diaryl/α,β-unsaturated/α-hetero) is 1. The lowest BCUT2D eigenvalue weighted by atomic mass is 9.95. The Labute approximate surface area is 192 Å². The summed E-state index contributed by atoms with van der Waals surface area (Å²) in [5, 5.41) is 13.0. The number of H-pyrrole nitrogens is 1. The van der Waals surface area contributed by atoms with Gasteiger partial charge < -0.3 is 19.2 Å². The second kappa shape index (κ2) is 9.36. The lowest BCUT2D eigenvalue weighted by molar-refractivity contribution is -0.695. The molecule has 1 aliphatic heterocycles. The number of nitrogens with zero attached hydrogens (tertiary/aromatic N) is 2. The van der Waals surface area contributed by atoms with Gasteiger partial charge in [-0.05, 0) is 56.4 Å². The molecular formula is C25H27N3O5. The van der Waals surface area contributed by atoms with Crippen LogP contribution >= 0.6 is 0 Å². The second-order valence-electron chi connectivity index (χ2n) is 8.32. The monoisotopic (exact) mass is 449 g/mol. The zero-order chi connectivity index (χ0) is 23.5. The lowest BCUT2D eigenvalue weighted by Gasteiger charge is -2.27. The first-order chi connectivity index (χ1) is 15.8. The van der Waals surface area contributed by atoms with Gasteiger partial charge in [-0.2, -0.15) is 0 Å². The fourth-order valence-corrected chi connectivity index (χ4v) is 4.02. The van der Waals surface area contributed by atoms with E-state index < -0.39 is 23.5 Å². The maximum absolute atomic E-state index is 13.3. The summed E-state index contributed by atoms with van der Waals surface area (Å²) in [5.74, 6) is -0.726. The van der Waals surface area contributed by atoms with Gasteiger partial charge in [-0.25, -0.2) is 4.57 Å². The molecule has 1 amide bonds. The van der Waals surface area contributed by atoms with Gasteiger partial charge >= 0.3 is 0 Å². The third-order valence-corrected chi connectivity index (χ3v) is 5.48. The molecule has 33 heavy (non-hydrogen) atoms. The summed E-state index contributed by atoms with van der Waals surface area (Å²) in [6, 6.07) is 9.57. The highest BCUT2D eigenvalue weighted by molar-refractivity contribution is 6.14. The molecule has 0 spiro atoms. The molecule has 1 N–H and O–H groups in total. The number of carbonyl (C=O) groups is 2. The molecule has 0 bridgehead atoms. The van der Waals surface area contributed by atoms with E-state index >= 15 is 0 Å². The van der Waals surface area contributed by atoms with Crippen LogP contribution in [-0.4, -0.2) is 34.2 Å². The molecule has 0 radical (unpaired) electrons. The summed E-state index contributed by atoms with van der Waals surface area (Å²) >= 11 is 0. The van der Waals surface area contributed by atoms with Crippen molar-refractivity contribution in [2.24, 2.45) is 0 Å². The number of ketones is 1. The van der Waals surface area contributed by atoms with Gasteiger partial charge in [0, 0.05) is 18.5 Å². The molecular weight excluding hydrogens is 422 g/mol. The highest BCUT2D eigenvalue weighted by Crippen LogP contribution is 2.39. The van der Waals surface area contributed by atoms with Crippen LogP contribution in [0.25, 0.3) is 0 Å². The van der Waals surface area contributed by atoms with E-state index in [2.05, 4.69) is 4.98 Å². The zero-order valence-corrected chi connectivity index (χ0v) is 18.9. The first-order valence-corrected chi connectivity index (χ1v) is 11.0. The largest absolute Gasteiger partial charge is 0.868 e. The predicted molar refractivity (Wildman–Crippen MR) is 117 cm³/mol. The number of aryl methyl sites for hydroxylation is 2. The summed E-state index contributed by atoms with van der Waals surface area (Å²) in [6.45, 7) is 6.57. The molecule has 1 unspecified atom stereocenters. The van der Waals surface area contributed by atoms with Crippen LogP contribution in [0, 0.1) is 6.92 Å². The summed E-state index contributed by atoms with van der Waals surface area (Å²) in [4.78, 5) is 30.7. The van der Waals surface area contributed by atoms with Gasteiger partial charge in [0.2, 0.25) is 18.0 Å². The van der Waals surface area contributed by atoms with Crippen LogP contribution < -0.4 is 14.4 Å². The molecule has 0 fully saturated rings. The first kappa shape index (κ1) is 22.4. The van der Waals surface area contributed by atoms with Crippen molar-refractivity contribution in [1.29, 1.82) is 0 Å². The van der Waals surface area contributed by atoms with Crippen LogP contribution in [-0.2, 0) is 11.3 Å². The van der Waals surface area contributed by atoms with Crippen LogP contribution in [0.1, 0.15) is 48.2 Å².